The van der Waals surface area contributed by atoms with Crippen LogP contribution in [0.4, 0.5) is 5.69 Å². The van der Waals surface area contributed by atoms with Gasteiger partial charge in [0.05, 0.1) is 46.1 Å². The highest BCUT2D eigenvalue weighted by Gasteiger charge is 2.39. The quantitative estimate of drug-likeness (QED) is 0.138. The van der Waals surface area contributed by atoms with Gasteiger partial charge in [0.25, 0.3) is 11.8 Å². The number of imide groups is 1. The van der Waals surface area contributed by atoms with Crippen molar-refractivity contribution >= 4 is 35.2 Å². The third-order valence-corrected chi connectivity index (χ3v) is 6.55. The van der Waals surface area contributed by atoms with Crippen LogP contribution in [0, 0.1) is 0 Å². The van der Waals surface area contributed by atoms with Gasteiger partial charge in [-0.05, 0) is 60.7 Å². The summed E-state index contributed by atoms with van der Waals surface area (Å²) >= 11 is 0. The van der Waals surface area contributed by atoms with E-state index < -0.39 is 42.1 Å². The summed E-state index contributed by atoms with van der Waals surface area (Å²) in [5.74, 6) is -1.24. The predicted molar refractivity (Wildman–Crippen MR) is 152 cm³/mol. The molecule has 1 saturated heterocycles. The van der Waals surface area contributed by atoms with E-state index in [2.05, 4.69) is 10.9 Å². The Morgan fingerprint density at radius 3 is 1.86 bits per heavy atom. The molecule has 1 unspecified atom stereocenters. The molecule has 4 rings (SSSR count). The normalized spacial score (nSPS) is 14.2. The number of benzene rings is 3. The van der Waals surface area contributed by atoms with Gasteiger partial charge in [-0.1, -0.05) is 0 Å². The van der Waals surface area contributed by atoms with Crippen molar-refractivity contribution < 1.29 is 47.7 Å². The summed E-state index contributed by atoms with van der Waals surface area (Å²) in [5.41, 5.74) is 5.89. The van der Waals surface area contributed by atoms with Gasteiger partial charge in [0, 0.05) is 11.1 Å². The summed E-state index contributed by atoms with van der Waals surface area (Å²) in [6, 6.07) is 13.7. The number of ether oxygens (including phenoxy) is 5. The first-order valence-corrected chi connectivity index (χ1v) is 12.9. The van der Waals surface area contributed by atoms with Gasteiger partial charge in [-0.15, -0.1) is 0 Å². The van der Waals surface area contributed by atoms with Gasteiger partial charge < -0.3 is 23.7 Å². The maximum Gasteiger partial charge on any atom is 0.338 e. The molecular formula is C30H29N3O10. The van der Waals surface area contributed by atoms with Crippen molar-refractivity contribution in [3.63, 3.8) is 0 Å². The van der Waals surface area contributed by atoms with Crippen LogP contribution in [0.3, 0.4) is 0 Å². The fourth-order valence-electron chi connectivity index (χ4n) is 4.27. The second-order valence-corrected chi connectivity index (χ2v) is 9.11. The van der Waals surface area contributed by atoms with Crippen LogP contribution in [0.15, 0.2) is 60.7 Å². The van der Waals surface area contributed by atoms with E-state index in [0.717, 1.165) is 4.90 Å². The largest absolute Gasteiger partial charge is 0.493 e. The second kappa shape index (κ2) is 13.5. The Bertz CT molecular complexity index is 1550. The number of carbonyl (C=O) groups excluding carboxylic acids is 5. The van der Waals surface area contributed by atoms with Crippen LogP contribution >= 0.6 is 0 Å². The molecule has 0 saturated carbocycles. The number of rotatable bonds is 12. The number of hydrazine groups is 1. The molecule has 2 N–H and O–H groups in total. The molecule has 3 amide bonds. The zero-order valence-electron chi connectivity index (χ0n) is 23.8. The molecule has 1 aliphatic heterocycles. The fraction of sp³-hybridized carbons (Fsp3) is 0.233. The average molecular weight is 592 g/mol. The number of anilines is 1. The van der Waals surface area contributed by atoms with Crippen molar-refractivity contribution in [3.05, 3.63) is 77.4 Å². The van der Waals surface area contributed by atoms with Crippen LogP contribution < -0.4 is 34.7 Å². The molecule has 13 heteroatoms. The zero-order chi connectivity index (χ0) is 31.1. The topological polar surface area (TPSA) is 159 Å². The van der Waals surface area contributed by atoms with Gasteiger partial charge in [-0.3, -0.25) is 24.6 Å². The van der Waals surface area contributed by atoms with Gasteiger partial charge in [0.15, 0.2) is 35.4 Å². The van der Waals surface area contributed by atoms with E-state index in [4.69, 9.17) is 23.7 Å². The Balaban J connectivity index is 1.33. The first kappa shape index (κ1) is 30.5. The molecule has 3 aromatic carbocycles. The van der Waals surface area contributed by atoms with Crippen molar-refractivity contribution in [3.8, 4) is 23.0 Å². The predicted octanol–water partition coefficient (Wildman–Crippen LogP) is 2.33. The van der Waals surface area contributed by atoms with Gasteiger partial charge in [-0.25, -0.2) is 15.1 Å². The Hall–Kier alpha value is -5.43. The maximum atomic E-state index is 13.0. The van der Waals surface area contributed by atoms with E-state index in [1.54, 1.807) is 12.1 Å². The van der Waals surface area contributed by atoms with E-state index >= 15 is 0 Å². The van der Waals surface area contributed by atoms with Crippen LogP contribution in [0.1, 0.15) is 37.5 Å². The Labute approximate surface area is 246 Å². The monoisotopic (exact) mass is 591 g/mol. The lowest BCUT2D eigenvalue weighted by Crippen LogP contribution is -2.48. The molecule has 0 spiro atoms. The molecule has 1 fully saturated rings. The Morgan fingerprint density at radius 2 is 1.28 bits per heavy atom. The number of nitrogens with zero attached hydrogens (tertiary/aromatic N) is 1. The highest BCUT2D eigenvalue weighted by molar-refractivity contribution is 6.22. The van der Waals surface area contributed by atoms with Crippen LogP contribution in [0.25, 0.3) is 0 Å². The van der Waals surface area contributed by atoms with Gasteiger partial charge in [0.2, 0.25) is 5.91 Å². The molecule has 0 radical (unpaired) electrons. The van der Waals surface area contributed by atoms with Crippen molar-refractivity contribution in [1.29, 1.82) is 0 Å². The third kappa shape index (κ3) is 6.73. The van der Waals surface area contributed by atoms with Crippen molar-refractivity contribution in [2.45, 2.75) is 12.5 Å². The molecule has 0 aromatic heterocycles. The van der Waals surface area contributed by atoms with E-state index in [1.807, 2.05) is 0 Å². The first-order valence-electron chi connectivity index (χ1n) is 12.9. The standard InChI is InChI=1S/C30H29N3O10/c1-39-23-11-7-18(13-25(23)41-3)22(34)16-43-30(38)17-5-9-20(10-6-17)33-27(35)15-21(29(33)37)31-32-28(36)19-8-12-24(40-2)26(14-19)42-4/h5-14,21,31H,15-16H2,1-4H3,(H,32,36). The lowest BCUT2D eigenvalue weighted by Gasteiger charge is -2.16. The lowest BCUT2D eigenvalue weighted by molar-refractivity contribution is -0.121. The van der Waals surface area contributed by atoms with Crippen LogP contribution in [-0.2, 0) is 14.3 Å². The number of carbonyl (C=O) groups is 5. The smallest absolute Gasteiger partial charge is 0.338 e. The molecule has 1 aliphatic rings. The molecule has 0 aliphatic carbocycles. The van der Waals surface area contributed by atoms with E-state index in [-0.39, 0.29) is 28.8 Å². The zero-order valence-corrected chi connectivity index (χ0v) is 23.8. The fourth-order valence-corrected chi connectivity index (χ4v) is 4.27. The highest BCUT2D eigenvalue weighted by Crippen LogP contribution is 2.29. The average Bonchev–Trinajstić information content (AvgIpc) is 3.33. The molecule has 3 aromatic rings. The number of nitrogens with one attached hydrogen (secondary N) is 2. The first-order chi connectivity index (χ1) is 20.7. The summed E-state index contributed by atoms with van der Waals surface area (Å²) in [7, 11) is 5.82. The van der Waals surface area contributed by atoms with E-state index in [0.29, 0.717) is 23.0 Å². The maximum absolute atomic E-state index is 13.0. The molecule has 13 nitrogen and oxygen atoms in total. The number of hydrogen-bond donors (Lipinski definition) is 2. The molecular weight excluding hydrogens is 562 g/mol. The third-order valence-electron chi connectivity index (χ3n) is 6.55. The van der Waals surface area contributed by atoms with Crippen LogP contribution in [0.5, 0.6) is 23.0 Å². The molecule has 1 atom stereocenters. The summed E-state index contributed by atoms with van der Waals surface area (Å²) in [6.07, 6.45) is -0.201. The van der Waals surface area contributed by atoms with Crippen LogP contribution in [0.2, 0.25) is 0 Å². The second-order valence-electron chi connectivity index (χ2n) is 9.11. The molecule has 0 bridgehead atoms. The number of amides is 3. The number of ketones is 1. The SMILES string of the molecule is COc1ccc(C(=O)COC(=O)c2ccc(N3C(=O)CC(NNC(=O)c4ccc(OC)c(OC)c4)C3=O)cc2)cc1OC. The Morgan fingerprint density at radius 1 is 0.744 bits per heavy atom. The van der Waals surface area contributed by atoms with Crippen molar-refractivity contribution in [2.75, 3.05) is 39.9 Å². The minimum Gasteiger partial charge on any atom is -0.493 e. The number of Topliss-reactive ketones (excluding diaryl/α,β-unsaturated/α-hetero) is 1. The molecule has 43 heavy (non-hydrogen) atoms. The van der Waals surface area contributed by atoms with E-state index in [1.165, 1.54) is 77.0 Å². The number of methoxy groups -OCH3 is 4. The van der Waals surface area contributed by atoms with Gasteiger partial charge in [-0.2, -0.15) is 0 Å². The highest BCUT2D eigenvalue weighted by atomic mass is 16.5. The van der Waals surface area contributed by atoms with E-state index in [9.17, 15) is 24.0 Å². The van der Waals surface area contributed by atoms with Crippen LogP contribution in [-0.4, -0.2) is 70.6 Å². The summed E-state index contributed by atoms with van der Waals surface area (Å²) in [6.45, 7) is -0.512. The summed E-state index contributed by atoms with van der Waals surface area (Å²) in [5, 5.41) is 0. The van der Waals surface area contributed by atoms with Crippen molar-refractivity contribution in [1.82, 2.24) is 10.9 Å². The number of esters is 1. The van der Waals surface area contributed by atoms with Gasteiger partial charge in [0.1, 0.15) is 6.04 Å². The summed E-state index contributed by atoms with van der Waals surface area (Å²) < 4.78 is 25.8. The minimum absolute atomic E-state index is 0.111. The van der Waals surface area contributed by atoms with Crippen molar-refractivity contribution in [2.24, 2.45) is 0 Å². The number of hydrogen-bond acceptors (Lipinski definition) is 11. The Kier molecular flexibility index (Phi) is 9.58. The lowest BCUT2D eigenvalue weighted by atomic mass is 10.1. The molecule has 1 heterocycles. The van der Waals surface area contributed by atoms with Gasteiger partial charge >= 0.3 is 5.97 Å². The molecule has 224 valence electrons. The summed E-state index contributed by atoms with van der Waals surface area (Å²) in [4.78, 5) is 64.2. The minimum atomic E-state index is -1.01.